The quantitative estimate of drug-likeness (QED) is 0.539. The highest BCUT2D eigenvalue weighted by Gasteiger charge is 2.32. The number of anilines is 1. The van der Waals surface area contributed by atoms with Gasteiger partial charge in [0.2, 0.25) is 0 Å². The zero-order valence-electron chi connectivity index (χ0n) is 16.3. The summed E-state index contributed by atoms with van der Waals surface area (Å²) in [5.41, 5.74) is 3.15. The summed E-state index contributed by atoms with van der Waals surface area (Å²) in [6.45, 7) is 5.80. The third kappa shape index (κ3) is 4.54. The molecule has 3 rings (SSSR count). The van der Waals surface area contributed by atoms with Crippen molar-refractivity contribution in [3.05, 3.63) is 63.3 Å². The van der Waals surface area contributed by atoms with Crippen LogP contribution in [-0.2, 0) is 4.79 Å². The van der Waals surface area contributed by atoms with Gasteiger partial charge in [0, 0.05) is 11.4 Å². The van der Waals surface area contributed by atoms with Gasteiger partial charge >= 0.3 is 6.03 Å². The van der Waals surface area contributed by atoms with Gasteiger partial charge < -0.3 is 25.8 Å². The van der Waals surface area contributed by atoms with E-state index in [4.69, 9.17) is 4.74 Å². The van der Waals surface area contributed by atoms with Gasteiger partial charge in [0.05, 0.1) is 22.7 Å². The summed E-state index contributed by atoms with van der Waals surface area (Å²) < 4.78 is 5.89. The molecular weight excluding hydrogens is 438 g/mol. The van der Waals surface area contributed by atoms with E-state index in [-0.39, 0.29) is 17.4 Å². The summed E-state index contributed by atoms with van der Waals surface area (Å²) in [4.78, 5) is 25.2. The topological polar surface area (TPSA) is 99.7 Å². The molecule has 2 aromatic carbocycles. The number of phenols is 1. The molecule has 0 unspecified atom stereocenters. The minimum absolute atomic E-state index is 0.0396. The number of carbonyl (C=O) groups excluding carboxylic acids is 2. The second kappa shape index (κ2) is 8.57. The van der Waals surface area contributed by atoms with Crippen LogP contribution >= 0.6 is 15.9 Å². The molecule has 152 valence electrons. The zero-order chi connectivity index (χ0) is 21.1. The van der Waals surface area contributed by atoms with Crippen molar-refractivity contribution in [3.63, 3.8) is 0 Å². The maximum atomic E-state index is 13.1. The molecule has 29 heavy (non-hydrogen) atoms. The molecule has 3 amide bonds. The highest BCUT2D eigenvalue weighted by molar-refractivity contribution is 9.10. The SMILES string of the molecule is CCOc1cc([C@H]2NC(=O)NC(C)=C2C(=O)Nc2ccc(C)cc2)cc(Br)c1O. The number of carbonyl (C=O) groups is 2. The van der Waals surface area contributed by atoms with E-state index in [9.17, 15) is 14.7 Å². The summed E-state index contributed by atoms with van der Waals surface area (Å²) in [7, 11) is 0. The standard InChI is InChI=1S/C21H22BrN3O4/c1-4-29-16-10-13(9-15(22)19(16)26)18-17(12(3)23-21(28)25-18)20(27)24-14-7-5-11(2)6-8-14/h5-10,18,26H,4H2,1-3H3,(H,24,27)(H2,23,25,28)/t18-/m1/s1. The molecule has 8 heteroatoms. The third-order valence-corrected chi connectivity index (χ3v) is 5.11. The van der Waals surface area contributed by atoms with Crippen LogP contribution in [0, 0.1) is 6.92 Å². The molecule has 0 saturated heterocycles. The number of rotatable bonds is 5. The smallest absolute Gasteiger partial charge is 0.319 e. The number of aromatic hydroxyl groups is 1. The maximum Gasteiger partial charge on any atom is 0.319 e. The van der Waals surface area contributed by atoms with E-state index in [1.807, 2.05) is 31.2 Å². The highest BCUT2D eigenvalue weighted by atomic mass is 79.9. The van der Waals surface area contributed by atoms with Gasteiger partial charge in [0.1, 0.15) is 0 Å². The molecule has 1 heterocycles. The van der Waals surface area contributed by atoms with E-state index in [2.05, 4.69) is 31.9 Å². The van der Waals surface area contributed by atoms with Crippen molar-refractivity contribution in [1.29, 1.82) is 0 Å². The number of allylic oxidation sites excluding steroid dienone is 1. The summed E-state index contributed by atoms with van der Waals surface area (Å²) in [6, 6.07) is 9.58. The van der Waals surface area contributed by atoms with Crippen molar-refractivity contribution in [2.24, 2.45) is 0 Å². The fraction of sp³-hybridized carbons (Fsp3) is 0.238. The van der Waals surface area contributed by atoms with E-state index in [1.54, 1.807) is 26.0 Å². The minimum Gasteiger partial charge on any atom is -0.503 e. The van der Waals surface area contributed by atoms with Gasteiger partial charge in [-0.1, -0.05) is 17.7 Å². The van der Waals surface area contributed by atoms with Gasteiger partial charge in [0.25, 0.3) is 5.91 Å². The van der Waals surface area contributed by atoms with Crippen LogP contribution in [0.25, 0.3) is 0 Å². The molecule has 0 saturated carbocycles. The first-order chi connectivity index (χ1) is 13.8. The fourth-order valence-electron chi connectivity index (χ4n) is 3.11. The zero-order valence-corrected chi connectivity index (χ0v) is 17.9. The first kappa shape index (κ1) is 20.7. The lowest BCUT2D eigenvalue weighted by Gasteiger charge is -2.29. The van der Waals surface area contributed by atoms with E-state index in [1.165, 1.54) is 0 Å². The Kier molecular flexibility index (Phi) is 6.12. The lowest BCUT2D eigenvalue weighted by Crippen LogP contribution is -2.46. The number of hydrogen-bond donors (Lipinski definition) is 4. The summed E-state index contributed by atoms with van der Waals surface area (Å²) in [6.07, 6.45) is 0. The van der Waals surface area contributed by atoms with Crippen LogP contribution in [0.15, 0.2) is 52.1 Å². The van der Waals surface area contributed by atoms with Crippen LogP contribution in [0.5, 0.6) is 11.5 Å². The number of urea groups is 1. The molecule has 1 atom stereocenters. The molecule has 1 aliphatic rings. The summed E-state index contributed by atoms with van der Waals surface area (Å²) in [5.74, 6) is -0.117. The van der Waals surface area contributed by atoms with Crippen LogP contribution in [0.1, 0.15) is 31.0 Å². The molecule has 7 nitrogen and oxygen atoms in total. The third-order valence-electron chi connectivity index (χ3n) is 4.51. The Bertz CT molecular complexity index is 986. The number of nitrogens with one attached hydrogen (secondary N) is 3. The summed E-state index contributed by atoms with van der Waals surface area (Å²) >= 11 is 3.31. The van der Waals surface area contributed by atoms with Gasteiger partial charge in [-0.25, -0.2) is 4.79 Å². The second-order valence-corrected chi connectivity index (χ2v) is 7.53. The van der Waals surface area contributed by atoms with Crippen molar-refractivity contribution in [2.75, 3.05) is 11.9 Å². The van der Waals surface area contributed by atoms with Gasteiger partial charge in [-0.2, -0.15) is 0 Å². The largest absolute Gasteiger partial charge is 0.503 e. The van der Waals surface area contributed by atoms with Gasteiger partial charge in [-0.3, -0.25) is 4.79 Å². The Morgan fingerprint density at radius 1 is 1.24 bits per heavy atom. The molecule has 4 N–H and O–H groups in total. The average molecular weight is 460 g/mol. The van der Waals surface area contributed by atoms with E-state index >= 15 is 0 Å². The van der Waals surface area contributed by atoms with Crippen molar-refractivity contribution in [2.45, 2.75) is 26.8 Å². The number of amides is 3. The lowest BCUT2D eigenvalue weighted by molar-refractivity contribution is -0.113. The van der Waals surface area contributed by atoms with Gasteiger partial charge in [0.15, 0.2) is 11.5 Å². The Balaban J connectivity index is 2.00. The summed E-state index contributed by atoms with van der Waals surface area (Å²) in [5, 5.41) is 18.5. The monoisotopic (exact) mass is 459 g/mol. The Morgan fingerprint density at radius 2 is 1.93 bits per heavy atom. The molecule has 0 aliphatic carbocycles. The number of benzene rings is 2. The van der Waals surface area contributed by atoms with E-state index in [0.29, 0.717) is 33.6 Å². The number of phenolic OH excluding ortho intramolecular Hbond substituents is 1. The van der Waals surface area contributed by atoms with Crippen LogP contribution < -0.4 is 20.7 Å². The number of aryl methyl sites for hydroxylation is 1. The Morgan fingerprint density at radius 3 is 2.59 bits per heavy atom. The van der Waals surface area contributed by atoms with Crippen LogP contribution in [0.4, 0.5) is 10.5 Å². The van der Waals surface area contributed by atoms with Crippen molar-refractivity contribution in [1.82, 2.24) is 10.6 Å². The number of hydrogen-bond acceptors (Lipinski definition) is 4. The van der Waals surface area contributed by atoms with Crippen molar-refractivity contribution in [3.8, 4) is 11.5 Å². The first-order valence-electron chi connectivity index (χ1n) is 9.11. The highest BCUT2D eigenvalue weighted by Crippen LogP contribution is 2.39. The van der Waals surface area contributed by atoms with Gasteiger partial charge in [-0.15, -0.1) is 0 Å². The second-order valence-electron chi connectivity index (χ2n) is 6.67. The first-order valence-corrected chi connectivity index (χ1v) is 9.91. The molecule has 0 aromatic heterocycles. The molecule has 0 bridgehead atoms. The minimum atomic E-state index is -0.717. The maximum absolute atomic E-state index is 13.1. The van der Waals surface area contributed by atoms with Crippen molar-refractivity contribution >= 4 is 33.6 Å². The van der Waals surface area contributed by atoms with E-state index < -0.39 is 12.1 Å². The van der Waals surface area contributed by atoms with Gasteiger partial charge in [-0.05, 0) is 66.5 Å². The molecular formula is C21H22BrN3O4. The molecule has 1 aliphatic heterocycles. The molecule has 2 aromatic rings. The molecule has 0 spiro atoms. The normalized spacial score (nSPS) is 16.1. The van der Waals surface area contributed by atoms with E-state index in [0.717, 1.165) is 5.56 Å². The fourth-order valence-corrected chi connectivity index (χ4v) is 3.57. The van der Waals surface area contributed by atoms with Crippen LogP contribution in [0.2, 0.25) is 0 Å². The van der Waals surface area contributed by atoms with Crippen LogP contribution in [0.3, 0.4) is 0 Å². The lowest BCUT2D eigenvalue weighted by atomic mass is 9.94. The van der Waals surface area contributed by atoms with Crippen LogP contribution in [-0.4, -0.2) is 23.7 Å². The van der Waals surface area contributed by atoms with Crippen molar-refractivity contribution < 1.29 is 19.4 Å². The number of ether oxygens (including phenoxy) is 1. The molecule has 0 fully saturated rings. The Labute approximate surface area is 177 Å². The number of halogens is 1. The molecule has 0 radical (unpaired) electrons. The average Bonchev–Trinajstić information content (AvgIpc) is 2.66. The predicted molar refractivity (Wildman–Crippen MR) is 114 cm³/mol. The predicted octanol–water partition coefficient (Wildman–Crippen LogP) is 4.13. The Hall–Kier alpha value is -3.00.